The summed E-state index contributed by atoms with van der Waals surface area (Å²) in [5.41, 5.74) is 1.87. The van der Waals surface area contributed by atoms with Crippen LogP contribution in [0.2, 0.25) is 0 Å². The zero-order chi connectivity index (χ0) is 21.3. The fraction of sp³-hybridized carbons (Fsp3) is 0.619. The number of non-ortho nitro benzene ring substituents is 1. The fourth-order valence-electron chi connectivity index (χ4n) is 4.99. The van der Waals surface area contributed by atoms with Crippen molar-refractivity contribution >= 4 is 23.2 Å². The topological polar surface area (TPSA) is 99.0 Å². The number of amides is 2. The number of hydrogen-bond acceptors (Lipinski definition) is 6. The second-order valence-corrected chi connectivity index (χ2v) is 8.36. The average molecular weight is 415 g/mol. The second-order valence-electron chi connectivity index (χ2n) is 8.36. The summed E-state index contributed by atoms with van der Waals surface area (Å²) in [4.78, 5) is 42.6. The molecule has 0 bridgehead atoms. The number of benzene rings is 1. The molecule has 1 aromatic rings. The van der Waals surface area contributed by atoms with E-state index >= 15 is 0 Å². The first kappa shape index (κ1) is 20.6. The molecule has 0 aliphatic carbocycles. The number of piperazine rings is 1. The third-order valence-electron chi connectivity index (χ3n) is 6.50. The molecule has 2 saturated heterocycles. The predicted molar refractivity (Wildman–Crippen MR) is 112 cm³/mol. The Morgan fingerprint density at radius 1 is 1.20 bits per heavy atom. The summed E-state index contributed by atoms with van der Waals surface area (Å²) < 4.78 is 0. The van der Waals surface area contributed by atoms with E-state index in [1.807, 2.05) is 11.8 Å². The van der Waals surface area contributed by atoms with Crippen molar-refractivity contribution in [3.05, 3.63) is 33.9 Å². The molecule has 30 heavy (non-hydrogen) atoms. The number of carbonyl (C=O) groups is 2. The molecule has 4 rings (SSSR count). The van der Waals surface area contributed by atoms with Gasteiger partial charge in [0.15, 0.2) is 0 Å². The van der Waals surface area contributed by atoms with Gasteiger partial charge in [-0.05, 0) is 37.8 Å². The Kier molecular flexibility index (Phi) is 5.90. The Bertz CT molecular complexity index is 839. The van der Waals surface area contributed by atoms with Crippen molar-refractivity contribution in [2.24, 2.45) is 5.92 Å². The lowest BCUT2D eigenvalue weighted by Crippen LogP contribution is -2.62. The van der Waals surface area contributed by atoms with Gasteiger partial charge in [-0.15, -0.1) is 0 Å². The van der Waals surface area contributed by atoms with Gasteiger partial charge in [-0.2, -0.15) is 0 Å². The van der Waals surface area contributed by atoms with Gasteiger partial charge in [-0.25, -0.2) is 0 Å². The number of nitrogens with zero attached hydrogens (tertiary/aromatic N) is 4. The number of likely N-dealkylation sites (tertiary alicyclic amines) is 1. The van der Waals surface area contributed by atoms with Crippen LogP contribution in [0.15, 0.2) is 18.2 Å². The Morgan fingerprint density at radius 2 is 1.97 bits per heavy atom. The van der Waals surface area contributed by atoms with Gasteiger partial charge in [0.1, 0.15) is 0 Å². The molecular weight excluding hydrogens is 386 g/mol. The van der Waals surface area contributed by atoms with E-state index < -0.39 is 4.92 Å². The summed E-state index contributed by atoms with van der Waals surface area (Å²) in [6.45, 7) is 6.57. The molecule has 0 saturated carbocycles. The van der Waals surface area contributed by atoms with Crippen molar-refractivity contribution in [3.63, 3.8) is 0 Å². The zero-order valence-corrected chi connectivity index (χ0v) is 17.4. The van der Waals surface area contributed by atoms with Gasteiger partial charge in [0.2, 0.25) is 11.8 Å². The van der Waals surface area contributed by atoms with Crippen molar-refractivity contribution in [2.75, 3.05) is 50.7 Å². The predicted octanol–water partition coefficient (Wildman–Crippen LogP) is 1.02. The molecule has 3 aliphatic rings. The molecule has 162 valence electrons. The zero-order valence-electron chi connectivity index (χ0n) is 17.4. The molecule has 3 heterocycles. The third kappa shape index (κ3) is 3.98. The molecule has 9 heteroatoms. The highest BCUT2D eigenvalue weighted by Gasteiger charge is 2.42. The summed E-state index contributed by atoms with van der Waals surface area (Å²) in [6.07, 6.45) is 2.62. The molecule has 0 aromatic heterocycles. The van der Waals surface area contributed by atoms with Gasteiger partial charge in [-0.3, -0.25) is 24.6 Å². The van der Waals surface area contributed by atoms with E-state index in [1.165, 1.54) is 6.07 Å². The van der Waals surface area contributed by atoms with Gasteiger partial charge in [0, 0.05) is 57.1 Å². The maximum atomic E-state index is 12.9. The highest BCUT2D eigenvalue weighted by molar-refractivity contribution is 5.82. The number of nitrogens with one attached hydrogen (secondary N) is 1. The Hall–Kier alpha value is -2.68. The number of hydrogen-bond donors (Lipinski definition) is 1. The summed E-state index contributed by atoms with van der Waals surface area (Å²) in [5, 5.41) is 14.1. The lowest BCUT2D eigenvalue weighted by molar-refractivity contribution is -0.384. The summed E-state index contributed by atoms with van der Waals surface area (Å²) in [6, 6.07) is 4.89. The van der Waals surface area contributed by atoms with Crippen molar-refractivity contribution in [1.29, 1.82) is 0 Å². The fourth-order valence-corrected chi connectivity index (χ4v) is 4.99. The Labute approximate surface area is 176 Å². The SMILES string of the molecule is CCNC(=O)[C@@H]1Cc2cc([N+](=O)[O-])ccc2N2CCN(CC(=O)N3CCCC3)C[C@H]12. The second kappa shape index (κ2) is 8.59. The van der Waals surface area contributed by atoms with Crippen LogP contribution in [-0.4, -0.2) is 78.4 Å². The van der Waals surface area contributed by atoms with Crippen LogP contribution < -0.4 is 10.2 Å². The minimum Gasteiger partial charge on any atom is -0.365 e. The quantitative estimate of drug-likeness (QED) is 0.569. The first-order valence-electron chi connectivity index (χ1n) is 10.8. The molecule has 1 N–H and O–H groups in total. The highest BCUT2D eigenvalue weighted by Crippen LogP contribution is 2.37. The van der Waals surface area contributed by atoms with Crippen LogP contribution in [-0.2, 0) is 16.0 Å². The van der Waals surface area contributed by atoms with Crippen LogP contribution in [0.5, 0.6) is 0 Å². The average Bonchev–Trinajstić information content (AvgIpc) is 3.28. The Balaban J connectivity index is 1.56. The van der Waals surface area contributed by atoms with Crippen molar-refractivity contribution < 1.29 is 14.5 Å². The molecule has 2 amide bonds. The van der Waals surface area contributed by atoms with Crippen molar-refractivity contribution in [2.45, 2.75) is 32.2 Å². The molecule has 9 nitrogen and oxygen atoms in total. The van der Waals surface area contributed by atoms with E-state index in [4.69, 9.17) is 0 Å². The van der Waals surface area contributed by atoms with Gasteiger partial charge in [-0.1, -0.05) is 0 Å². The molecule has 2 atom stereocenters. The number of nitro benzene ring substituents is 1. The summed E-state index contributed by atoms with van der Waals surface area (Å²) in [7, 11) is 0. The normalized spacial score (nSPS) is 23.6. The number of fused-ring (bicyclic) bond motifs is 3. The molecule has 0 radical (unpaired) electrons. The summed E-state index contributed by atoms with van der Waals surface area (Å²) >= 11 is 0. The van der Waals surface area contributed by atoms with Gasteiger partial charge >= 0.3 is 0 Å². The van der Waals surface area contributed by atoms with Crippen molar-refractivity contribution in [1.82, 2.24) is 15.1 Å². The van der Waals surface area contributed by atoms with Gasteiger partial charge in [0.05, 0.1) is 23.4 Å². The number of nitro groups is 1. The largest absolute Gasteiger partial charge is 0.365 e. The summed E-state index contributed by atoms with van der Waals surface area (Å²) in [5.74, 6) is -0.163. The smallest absolute Gasteiger partial charge is 0.269 e. The molecule has 0 spiro atoms. The maximum absolute atomic E-state index is 12.9. The number of rotatable bonds is 5. The number of carbonyl (C=O) groups excluding carboxylic acids is 2. The monoisotopic (exact) mass is 415 g/mol. The van der Waals surface area contributed by atoms with E-state index in [-0.39, 0.29) is 29.5 Å². The lowest BCUT2D eigenvalue weighted by atomic mass is 9.83. The first-order valence-corrected chi connectivity index (χ1v) is 10.8. The van der Waals surface area contributed by atoms with Crippen LogP contribution in [0.25, 0.3) is 0 Å². The van der Waals surface area contributed by atoms with Crippen LogP contribution in [0.3, 0.4) is 0 Å². The molecule has 0 unspecified atom stereocenters. The van der Waals surface area contributed by atoms with Crippen LogP contribution >= 0.6 is 0 Å². The molecule has 3 aliphatic heterocycles. The molecule has 2 fully saturated rings. The minimum absolute atomic E-state index is 0.0302. The maximum Gasteiger partial charge on any atom is 0.269 e. The van der Waals surface area contributed by atoms with E-state index in [0.717, 1.165) is 43.7 Å². The van der Waals surface area contributed by atoms with E-state index in [9.17, 15) is 19.7 Å². The molecule has 1 aromatic carbocycles. The van der Waals surface area contributed by atoms with Crippen LogP contribution in [0.4, 0.5) is 11.4 Å². The number of anilines is 1. The van der Waals surface area contributed by atoms with E-state index in [2.05, 4.69) is 15.1 Å². The Morgan fingerprint density at radius 3 is 2.67 bits per heavy atom. The molecular formula is C21H29N5O4. The lowest BCUT2D eigenvalue weighted by Gasteiger charge is -2.49. The van der Waals surface area contributed by atoms with E-state index in [1.54, 1.807) is 12.1 Å². The van der Waals surface area contributed by atoms with Gasteiger partial charge < -0.3 is 15.1 Å². The first-order chi connectivity index (χ1) is 14.5. The van der Waals surface area contributed by atoms with Crippen molar-refractivity contribution in [3.8, 4) is 0 Å². The minimum atomic E-state index is -0.393. The highest BCUT2D eigenvalue weighted by atomic mass is 16.6. The van der Waals surface area contributed by atoms with Crippen LogP contribution in [0.1, 0.15) is 25.3 Å². The standard InChI is InChI=1S/C21H29N5O4/c1-2-22-21(28)17-12-15-11-16(26(29)30)5-6-18(15)25-10-9-23(13-19(17)25)14-20(27)24-7-3-4-8-24/h5-6,11,17,19H,2-4,7-10,12-14H2,1H3,(H,22,28)/t17-,19-/m1/s1. The third-order valence-corrected chi connectivity index (χ3v) is 6.50. The van der Waals surface area contributed by atoms with Gasteiger partial charge in [0.25, 0.3) is 5.69 Å². The van der Waals surface area contributed by atoms with E-state index in [0.29, 0.717) is 32.6 Å². The van der Waals surface area contributed by atoms with Crippen LogP contribution in [0, 0.1) is 16.0 Å².